The van der Waals surface area contributed by atoms with Crippen LogP contribution in [0, 0.1) is 5.41 Å². The zero-order valence-corrected chi connectivity index (χ0v) is 11.6. The van der Waals surface area contributed by atoms with Gasteiger partial charge in [-0.3, -0.25) is 14.9 Å². The van der Waals surface area contributed by atoms with Crippen LogP contribution in [-0.2, 0) is 19.1 Å². The molecule has 0 spiro atoms. The predicted octanol–water partition coefficient (Wildman–Crippen LogP) is 1.57. The van der Waals surface area contributed by atoms with Gasteiger partial charge < -0.3 is 4.74 Å². The van der Waals surface area contributed by atoms with Crippen molar-refractivity contribution in [1.29, 1.82) is 0 Å². The average Bonchev–Trinajstić information content (AvgIpc) is 2.28. The Morgan fingerprint density at radius 1 is 1.33 bits per heavy atom. The van der Waals surface area contributed by atoms with Crippen molar-refractivity contribution in [3.8, 4) is 0 Å². The Balaban J connectivity index is 4.46. The van der Waals surface area contributed by atoms with Crippen molar-refractivity contribution in [2.45, 2.75) is 47.1 Å². The summed E-state index contributed by atoms with van der Waals surface area (Å²) >= 11 is 0. The number of carbonyl (C=O) groups is 3. The van der Waals surface area contributed by atoms with Gasteiger partial charge in [0.05, 0.1) is 0 Å². The Hall–Kier alpha value is -1.65. The fourth-order valence-electron chi connectivity index (χ4n) is 0.858. The molecule has 0 aromatic rings. The van der Waals surface area contributed by atoms with Crippen LogP contribution in [0.4, 0.5) is 0 Å². The van der Waals surface area contributed by atoms with Gasteiger partial charge in [-0.2, -0.15) is 0 Å². The van der Waals surface area contributed by atoms with Crippen molar-refractivity contribution in [2.75, 3.05) is 0 Å². The second-order valence-electron chi connectivity index (χ2n) is 4.88. The number of ether oxygens (including phenoxy) is 1. The smallest absolute Gasteiger partial charge is 0.333 e. The Morgan fingerprint density at radius 3 is 2.22 bits per heavy atom. The minimum absolute atomic E-state index is 0.204. The van der Waals surface area contributed by atoms with Crippen molar-refractivity contribution in [1.82, 2.24) is 5.32 Å². The molecule has 0 bridgehead atoms. The molecule has 0 aromatic carbocycles. The fraction of sp³-hybridized carbons (Fsp3) is 0.615. The maximum Gasteiger partial charge on any atom is 0.333 e. The molecule has 0 aliphatic heterocycles. The van der Waals surface area contributed by atoms with Gasteiger partial charge in [-0.05, 0) is 20.3 Å². The number of esters is 1. The molecule has 0 saturated carbocycles. The van der Waals surface area contributed by atoms with Crippen molar-refractivity contribution in [2.24, 2.45) is 5.41 Å². The molecule has 0 aliphatic carbocycles. The molecule has 1 atom stereocenters. The zero-order chi connectivity index (χ0) is 14.5. The van der Waals surface area contributed by atoms with Gasteiger partial charge in [-0.1, -0.05) is 27.4 Å². The van der Waals surface area contributed by atoms with E-state index in [4.69, 9.17) is 4.74 Å². The summed E-state index contributed by atoms with van der Waals surface area (Å²) in [6.45, 7) is 11.6. The lowest BCUT2D eigenvalue weighted by molar-refractivity contribution is -0.153. The van der Waals surface area contributed by atoms with Crippen LogP contribution >= 0.6 is 0 Å². The van der Waals surface area contributed by atoms with E-state index in [1.165, 1.54) is 13.8 Å². The van der Waals surface area contributed by atoms with Gasteiger partial charge >= 0.3 is 5.97 Å². The molecular weight excluding hydrogens is 234 g/mol. The van der Waals surface area contributed by atoms with Crippen molar-refractivity contribution >= 4 is 17.8 Å². The van der Waals surface area contributed by atoms with Crippen LogP contribution in [0.25, 0.3) is 0 Å². The molecule has 5 heteroatoms. The monoisotopic (exact) mass is 255 g/mol. The summed E-state index contributed by atoms with van der Waals surface area (Å²) in [7, 11) is 0. The highest BCUT2D eigenvalue weighted by atomic mass is 16.5. The number of hydrogen-bond acceptors (Lipinski definition) is 4. The molecule has 1 N–H and O–H groups in total. The minimum atomic E-state index is -1.02. The highest BCUT2D eigenvalue weighted by Gasteiger charge is 2.29. The van der Waals surface area contributed by atoms with Gasteiger partial charge in [0.25, 0.3) is 5.91 Å². The summed E-state index contributed by atoms with van der Waals surface area (Å²) in [6, 6.07) is 0. The Morgan fingerprint density at radius 2 is 1.83 bits per heavy atom. The van der Waals surface area contributed by atoms with E-state index in [0.29, 0.717) is 6.42 Å². The van der Waals surface area contributed by atoms with Crippen LogP contribution in [-0.4, -0.2) is 23.9 Å². The van der Waals surface area contributed by atoms with E-state index < -0.39 is 23.4 Å². The molecule has 18 heavy (non-hydrogen) atoms. The summed E-state index contributed by atoms with van der Waals surface area (Å²) in [5.74, 6) is -1.66. The third-order valence-corrected chi connectivity index (χ3v) is 2.74. The first-order valence-corrected chi connectivity index (χ1v) is 5.83. The summed E-state index contributed by atoms with van der Waals surface area (Å²) < 4.78 is 4.82. The highest BCUT2D eigenvalue weighted by Crippen LogP contribution is 2.19. The molecule has 5 nitrogen and oxygen atoms in total. The summed E-state index contributed by atoms with van der Waals surface area (Å²) in [6.07, 6.45) is -0.419. The van der Waals surface area contributed by atoms with E-state index in [1.807, 2.05) is 6.92 Å². The quantitative estimate of drug-likeness (QED) is 0.598. The van der Waals surface area contributed by atoms with Gasteiger partial charge in [0.1, 0.15) is 0 Å². The van der Waals surface area contributed by atoms with Crippen molar-refractivity contribution < 1.29 is 19.1 Å². The molecule has 0 aliphatic rings. The number of imide groups is 1. The summed E-state index contributed by atoms with van der Waals surface area (Å²) in [5.41, 5.74) is -0.428. The van der Waals surface area contributed by atoms with Crippen LogP contribution in [0.1, 0.15) is 41.0 Å². The first kappa shape index (κ1) is 16.4. The van der Waals surface area contributed by atoms with Gasteiger partial charge in [0.2, 0.25) is 5.91 Å². The zero-order valence-electron chi connectivity index (χ0n) is 11.6. The molecule has 0 rings (SSSR count). The van der Waals surface area contributed by atoms with Gasteiger partial charge in [-0.25, -0.2) is 4.79 Å². The second-order valence-corrected chi connectivity index (χ2v) is 4.88. The van der Waals surface area contributed by atoms with Crippen LogP contribution in [0.15, 0.2) is 12.2 Å². The first-order valence-electron chi connectivity index (χ1n) is 5.83. The molecule has 0 radical (unpaired) electrons. The molecule has 0 saturated heterocycles. The molecule has 2 amide bonds. The van der Waals surface area contributed by atoms with E-state index in [0.717, 1.165) is 0 Å². The maximum atomic E-state index is 11.7. The third kappa shape index (κ3) is 4.69. The number of carbonyl (C=O) groups excluding carboxylic acids is 3. The van der Waals surface area contributed by atoms with E-state index in [1.54, 1.807) is 13.8 Å². The standard InChI is InChI=1S/C13H21NO4/c1-7-13(5,6)12(17)14-10(15)9(4)18-11(16)8(2)3/h9H,2,7H2,1,3-6H3,(H,14,15,17). The summed E-state index contributed by atoms with van der Waals surface area (Å²) in [5, 5.41) is 2.23. The van der Waals surface area contributed by atoms with Crippen LogP contribution < -0.4 is 5.32 Å². The lowest BCUT2D eigenvalue weighted by Gasteiger charge is -2.22. The van der Waals surface area contributed by atoms with E-state index in [-0.39, 0.29) is 11.5 Å². The summed E-state index contributed by atoms with van der Waals surface area (Å²) in [4.78, 5) is 34.6. The van der Waals surface area contributed by atoms with Crippen LogP contribution in [0.3, 0.4) is 0 Å². The van der Waals surface area contributed by atoms with Crippen LogP contribution in [0.5, 0.6) is 0 Å². The van der Waals surface area contributed by atoms with E-state index in [9.17, 15) is 14.4 Å². The highest BCUT2D eigenvalue weighted by molar-refractivity contribution is 6.00. The first-order chi connectivity index (χ1) is 8.11. The fourth-order valence-corrected chi connectivity index (χ4v) is 0.858. The molecule has 0 aromatic heterocycles. The Bertz CT molecular complexity index is 371. The van der Waals surface area contributed by atoms with E-state index >= 15 is 0 Å². The number of amides is 2. The lowest BCUT2D eigenvalue weighted by Crippen LogP contribution is -2.45. The number of rotatable bonds is 5. The number of nitrogens with one attached hydrogen (secondary N) is 1. The largest absolute Gasteiger partial charge is 0.449 e. The molecule has 0 fully saturated rings. The molecule has 0 heterocycles. The topological polar surface area (TPSA) is 72.5 Å². The normalized spacial score (nSPS) is 12.5. The molecular formula is C13H21NO4. The third-order valence-electron chi connectivity index (χ3n) is 2.74. The van der Waals surface area contributed by atoms with Crippen LogP contribution in [0.2, 0.25) is 0 Å². The lowest BCUT2D eigenvalue weighted by atomic mass is 9.89. The SMILES string of the molecule is C=C(C)C(=O)OC(C)C(=O)NC(=O)C(C)(C)CC. The predicted molar refractivity (Wildman–Crippen MR) is 67.6 cm³/mol. The van der Waals surface area contributed by atoms with Gasteiger partial charge in [0, 0.05) is 11.0 Å². The maximum absolute atomic E-state index is 11.7. The average molecular weight is 255 g/mol. The van der Waals surface area contributed by atoms with E-state index in [2.05, 4.69) is 11.9 Å². The van der Waals surface area contributed by atoms with Crippen molar-refractivity contribution in [3.05, 3.63) is 12.2 Å². The number of hydrogen-bond donors (Lipinski definition) is 1. The van der Waals surface area contributed by atoms with Gasteiger partial charge in [0.15, 0.2) is 6.10 Å². The Labute approximate surface area is 108 Å². The molecule has 1 unspecified atom stereocenters. The molecule has 102 valence electrons. The van der Waals surface area contributed by atoms with Gasteiger partial charge in [-0.15, -0.1) is 0 Å². The van der Waals surface area contributed by atoms with Crippen molar-refractivity contribution in [3.63, 3.8) is 0 Å². The minimum Gasteiger partial charge on any atom is -0.449 e. The second kappa shape index (κ2) is 6.33. The Kier molecular flexibility index (Phi) is 5.75.